The Kier molecular flexibility index (Phi) is 13.3. The van der Waals surface area contributed by atoms with E-state index in [4.69, 9.17) is 4.74 Å². The number of unbranched alkanes of at least 4 members (excludes halogenated alkanes) is 9. The maximum absolute atomic E-state index is 11.4. The van der Waals surface area contributed by atoms with Crippen molar-refractivity contribution in [2.75, 3.05) is 20.2 Å². The Morgan fingerprint density at radius 2 is 1.42 bits per heavy atom. The average molecular weight is 344 g/mol. The predicted molar refractivity (Wildman–Crippen MR) is 102 cm³/mol. The van der Waals surface area contributed by atoms with Crippen LogP contribution in [0.4, 0.5) is 0 Å². The Labute approximate surface area is 150 Å². The highest BCUT2D eigenvalue weighted by Gasteiger charge is 2.24. The summed E-state index contributed by atoms with van der Waals surface area (Å²) in [5, 5.41) is 9.38. The SMILES string of the molecule is CCCCCCCCCCCCN(C)[C@@H](COC(C)(C)C)C(=O)O. The minimum Gasteiger partial charge on any atom is -0.480 e. The summed E-state index contributed by atoms with van der Waals surface area (Å²) < 4.78 is 5.65. The van der Waals surface area contributed by atoms with Crippen LogP contribution in [0.3, 0.4) is 0 Å². The van der Waals surface area contributed by atoms with Crippen molar-refractivity contribution in [3.05, 3.63) is 0 Å². The van der Waals surface area contributed by atoms with E-state index in [1.165, 1.54) is 57.8 Å². The molecule has 0 radical (unpaired) electrons. The fraction of sp³-hybridized carbons (Fsp3) is 0.950. The van der Waals surface area contributed by atoms with Gasteiger partial charge in [0.25, 0.3) is 0 Å². The van der Waals surface area contributed by atoms with E-state index in [-0.39, 0.29) is 12.2 Å². The van der Waals surface area contributed by atoms with E-state index in [9.17, 15) is 9.90 Å². The molecule has 1 atom stereocenters. The second kappa shape index (κ2) is 13.7. The Morgan fingerprint density at radius 1 is 0.958 bits per heavy atom. The standard InChI is InChI=1S/C20H41NO3/c1-6-7-8-9-10-11-12-13-14-15-16-21(5)18(19(22)23)17-24-20(2,3)4/h18H,6-17H2,1-5H3,(H,22,23)/t18-/m0/s1. The number of hydrogen-bond acceptors (Lipinski definition) is 3. The third-order valence-corrected chi connectivity index (χ3v) is 4.36. The van der Waals surface area contributed by atoms with Gasteiger partial charge in [-0.2, -0.15) is 0 Å². The Bertz CT molecular complexity index is 312. The molecule has 0 saturated heterocycles. The molecule has 0 unspecified atom stereocenters. The van der Waals surface area contributed by atoms with Gasteiger partial charge in [0.05, 0.1) is 12.2 Å². The number of likely N-dealkylation sites (N-methyl/N-ethyl adjacent to an activating group) is 1. The molecule has 24 heavy (non-hydrogen) atoms. The molecule has 0 aromatic heterocycles. The first-order valence-electron chi connectivity index (χ1n) is 9.85. The minimum atomic E-state index is -0.797. The second-order valence-electron chi connectivity index (χ2n) is 7.94. The van der Waals surface area contributed by atoms with Crippen molar-refractivity contribution in [1.82, 2.24) is 4.90 Å². The number of carbonyl (C=O) groups is 1. The van der Waals surface area contributed by atoms with Gasteiger partial charge in [0.1, 0.15) is 6.04 Å². The van der Waals surface area contributed by atoms with Gasteiger partial charge in [-0.1, -0.05) is 64.7 Å². The van der Waals surface area contributed by atoms with Gasteiger partial charge in [-0.25, -0.2) is 0 Å². The third-order valence-electron chi connectivity index (χ3n) is 4.36. The van der Waals surface area contributed by atoms with Crippen LogP contribution in [0.2, 0.25) is 0 Å². The van der Waals surface area contributed by atoms with Gasteiger partial charge in [0.2, 0.25) is 0 Å². The first kappa shape index (κ1) is 23.4. The number of nitrogens with zero attached hydrogens (tertiary/aromatic N) is 1. The average Bonchev–Trinajstić information content (AvgIpc) is 2.47. The lowest BCUT2D eigenvalue weighted by molar-refractivity contribution is -0.147. The van der Waals surface area contributed by atoms with Crippen LogP contribution in [0.1, 0.15) is 91.9 Å². The third kappa shape index (κ3) is 13.8. The molecule has 0 aromatic rings. The van der Waals surface area contributed by atoms with Crippen LogP contribution in [-0.4, -0.2) is 47.8 Å². The maximum atomic E-state index is 11.4. The van der Waals surface area contributed by atoms with Crippen LogP contribution in [0.5, 0.6) is 0 Å². The normalized spacial score (nSPS) is 13.4. The summed E-state index contributed by atoms with van der Waals surface area (Å²) >= 11 is 0. The molecule has 0 bridgehead atoms. The molecule has 0 aromatic carbocycles. The van der Waals surface area contributed by atoms with Crippen molar-refractivity contribution >= 4 is 5.97 Å². The smallest absolute Gasteiger partial charge is 0.323 e. The van der Waals surface area contributed by atoms with Gasteiger partial charge in [0.15, 0.2) is 0 Å². The van der Waals surface area contributed by atoms with Crippen LogP contribution >= 0.6 is 0 Å². The summed E-state index contributed by atoms with van der Waals surface area (Å²) in [5.41, 5.74) is -0.300. The van der Waals surface area contributed by atoms with E-state index < -0.39 is 12.0 Å². The van der Waals surface area contributed by atoms with Crippen molar-refractivity contribution in [3.63, 3.8) is 0 Å². The van der Waals surface area contributed by atoms with Crippen LogP contribution in [0, 0.1) is 0 Å². The summed E-state index contributed by atoms with van der Waals surface area (Å²) in [6, 6.07) is -0.553. The highest BCUT2D eigenvalue weighted by molar-refractivity contribution is 5.73. The molecular weight excluding hydrogens is 302 g/mol. The molecular formula is C20H41NO3. The number of ether oxygens (including phenoxy) is 1. The lowest BCUT2D eigenvalue weighted by atomic mass is 10.1. The summed E-state index contributed by atoms with van der Waals surface area (Å²) in [4.78, 5) is 13.3. The molecule has 0 saturated carbocycles. The zero-order valence-corrected chi connectivity index (χ0v) is 16.8. The number of carboxylic acid groups (broad SMARTS) is 1. The lowest BCUT2D eigenvalue weighted by Gasteiger charge is -2.28. The van der Waals surface area contributed by atoms with Crippen molar-refractivity contribution in [1.29, 1.82) is 0 Å². The van der Waals surface area contributed by atoms with E-state index in [1.807, 2.05) is 32.7 Å². The largest absolute Gasteiger partial charge is 0.480 e. The molecule has 1 N–H and O–H groups in total. The highest BCUT2D eigenvalue weighted by atomic mass is 16.5. The second-order valence-corrected chi connectivity index (χ2v) is 7.94. The zero-order chi connectivity index (χ0) is 18.4. The van der Waals surface area contributed by atoms with Crippen LogP contribution < -0.4 is 0 Å². The Balaban J connectivity index is 3.73. The molecule has 0 rings (SSSR count). The van der Waals surface area contributed by atoms with Gasteiger partial charge < -0.3 is 9.84 Å². The monoisotopic (exact) mass is 343 g/mol. The van der Waals surface area contributed by atoms with E-state index in [0.29, 0.717) is 0 Å². The van der Waals surface area contributed by atoms with Crippen molar-refractivity contribution < 1.29 is 14.6 Å². The summed E-state index contributed by atoms with van der Waals surface area (Å²) in [5.74, 6) is -0.797. The number of carboxylic acids is 1. The lowest BCUT2D eigenvalue weighted by Crippen LogP contribution is -2.44. The van der Waals surface area contributed by atoms with E-state index in [2.05, 4.69) is 6.92 Å². The highest BCUT2D eigenvalue weighted by Crippen LogP contribution is 2.12. The molecule has 0 heterocycles. The van der Waals surface area contributed by atoms with Gasteiger partial charge in [-0.3, -0.25) is 9.69 Å². The molecule has 0 aliphatic carbocycles. The first-order valence-corrected chi connectivity index (χ1v) is 9.85. The molecule has 0 spiro atoms. The maximum Gasteiger partial charge on any atom is 0.323 e. The van der Waals surface area contributed by atoms with Gasteiger partial charge in [-0.15, -0.1) is 0 Å². The molecule has 0 amide bonds. The number of aliphatic carboxylic acids is 1. The van der Waals surface area contributed by atoms with Crippen LogP contribution in [-0.2, 0) is 9.53 Å². The van der Waals surface area contributed by atoms with Gasteiger partial charge >= 0.3 is 5.97 Å². The quantitative estimate of drug-likeness (QED) is 0.420. The number of rotatable bonds is 15. The fourth-order valence-electron chi connectivity index (χ4n) is 2.72. The minimum absolute atomic E-state index is 0.243. The summed E-state index contributed by atoms with van der Waals surface area (Å²) in [7, 11) is 1.89. The summed E-state index contributed by atoms with van der Waals surface area (Å²) in [6.45, 7) is 9.17. The van der Waals surface area contributed by atoms with E-state index in [0.717, 1.165) is 13.0 Å². The van der Waals surface area contributed by atoms with Crippen molar-refractivity contribution in [2.24, 2.45) is 0 Å². The molecule has 4 heteroatoms. The van der Waals surface area contributed by atoms with Crippen molar-refractivity contribution in [3.8, 4) is 0 Å². The Hall–Kier alpha value is -0.610. The van der Waals surface area contributed by atoms with Crippen molar-refractivity contribution in [2.45, 2.75) is 104 Å². The Morgan fingerprint density at radius 3 is 1.83 bits per heavy atom. The number of hydrogen-bond donors (Lipinski definition) is 1. The fourth-order valence-corrected chi connectivity index (χ4v) is 2.72. The first-order chi connectivity index (χ1) is 11.3. The van der Waals surface area contributed by atoms with Gasteiger partial charge in [0, 0.05) is 0 Å². The topological polar surface area (TPSA) is 49.8 Å². The van der Waals surface area contributed by atoms with Crippen LogP contribution in [0.25, 0.3) is 0 Å². The van der Waals surface area contributed by atoms with E-state index in [1.54, 1.807) is 0 Å². The predicted octanol–water partition coefficient (Wildman–Crippen LogP) is 5.11. The zero-order valence-electron chi connectivity index (χ0n) is 16.8. The molecule has 4 nitrogen and oxygen atoms in total. The van der Waals surface area contributed by atoms with E-state index >= 15 is 0 Å². The van der Waals surface area contributed by atoms with Crippen LogP contribution in [0.15, 0.2) is 0 Å². The van der Waals surface area contributed by atoms with Gasteiger partial charge in [-0.05, 0) is 40.8 Å². The molecule has 144 valence electrons. The molecule has 0 aliphatic heterocycles. The molecule has 0 aliphatic rings. The summed E-state index contributed by atoms with van der Waals surface area (Å²) in [6.07, 6.45) is 13.0. The molecule has 0 fully saturated rings.